The Morgan fingerprint density at radius 3 is 2.81 bits per heavy atom. The summed E-state index contributed by atoms with van der Waals surface area (Å²) in [4.78, 5) is 4.40. The molecule has 1 aromatic heterocycles. The van der Waals surface area contributed by atoms with Crippen molar-refractivity contribution in [1.29, 1.82) is 0 Å². The van der Waals surface area contributed by atoms with Crippen LogP contribution in [0.25, 0.3) is 16.8 Å². The largest absolute Gasteiger partial charge is 0.493 e. The lowest BCUT2D eigenvalue weighted by atomic mass is 10.0. The van der Waals surface area contributed by atoms with Crippen molar-refractivity contribution in [2.75, 3.05) is 11.9 Å². The van der Waals surface area contributed by atoms with Gasteiger partial charge >= 0.3 is 0 Å². The van der Waals surface area contributed by atoms with Crippen molar-refractivity contribution < 1.29 is 9.13 Å². The second-order valence-corrected chi connectivity index (χ2v) is 6.46. The molecule has 2 heterocycles. The molecule has 1 N–H and O–H groups in total. The number of hydrogen-bond donors (Lipinski definition) is 1. The molecule has 2 aromatic carbocycles. The summed E-state index contributed by atoms with van der Waals surface area (Å²) in [6, 6.07) is 14.1. The summed E-state index contributed by atoms with van der Waals surface area (Å²) in [5, 5.41) is 3.66. The van der Waals surface area contributed by atoms with E-state index in [4.69, 9.17) is 16.3 Å². The van der Waals surface area contributed by atoms with Gasteiger partial charge in [0, 0.05) is 35.0 Å². The number of benzene rings is 2. The average Bonchev–Trinajstić information content (AvgIpc) is 3.09. The Bertz CT molecular complexity index is 986. The fourth-order valence-electron chi connectivity index (χ4n) is 2.98. The number of fused-ring (bicyclic) bond motifs is 1. The first-order valence-electron chi connectivity index (χ1n) is 8.24. The Labute approximate surface area is 156 Å². The summed E-state index contributed by atoms with van der Waals surface area (Å²) in [7, 11) is 0. The van der Waals surface area contributed by atoms with Gasteiger partial charge in [-0.15, -0.1) is 0 Å². The molecule has 0 spiro atoms. The van der Waals surface area contributed by atoms with Crippen LogP contribution in [0.3, 0.4) is 0 Å². The monoisotopic (exact) mass is 366 g/mol. The molecule has 0 bridgehead atoms. The van der Waals surface area contributed by atoms with Gasteiger partial charge in [-0.3, -0.25) is 0 Å². The first-order valence-corrected chi connectivity index (χ1v) is 8.62. The Morgan fingerprint density at radius 1 is 1.19 bits per heavy atom. The number of aromatic nitrogens is 1. The third-order valence-electron chi connectivity index (χ3n) is 4.33. The molecule has 0 aliphatic carbocycles. The molecule has 1 aliphatic rings. The van der Waals surface area contributed by atoms with Gasteiger partial charge in [-0.1, -0.05) is 30.3 Å². The zero-order valence-electron chi connectivity index (χ0n) is 13.9. The molecular formula is C21H16ClFN2O. The third kappa shape index (κ3) is 3.16. The Balaban J connectivity index is 1.56. The lowest BCUT2D eigenvalue weighted by molar-refractivity contribution is 0.357. The van der Waals surface area contributed by atoms with Crippen LogP contribution in [0.5, 0.6) is 5.75 Å². The molecule has 0 fully saturated rings. The zero-order chi connectivity index (χ0) is 18.1. The Morgan fingerprint density at radius 2 is 2.04 bits per heavy atom. The van der Waals surface area contributed by atoms with E-state index >= 15 is 0 Å². The normalized spacial score (nSPS) is 12.4. The highest BCUT2D eigenvalue weighted by molar-refractivity contribution is 6.33. The molecule has 1 aliphatic heterocycles. The number of nitrogens with one attached hydrogen (secondary N) is 1. The molecular weight excluding hydrogens is 351 g/mol. The molecule has 0 radical (unpaired) electrons. The standard InChI is InChI=1S/C21H16ClFN2O/c1-13(16-4-2-3-5-19(16)23)25-21-7-6-15(12-24-21)17-10-14-8-9-26-20(14)11-18(17)22/h2-7,10-12H,1,8-9H2,(H,24,25). The molecule has 130 valence electrons. The summed E-state index contributed by atoms with van der Waals surface area (Å²) in [5.74, 6) is 1.11. The van der Waals surface area contributed by atoms with E-state index in [-0.39, 0.29) is 5.82 Å². The lowest BCUT2D eigenvalue weighted by Crippen LogP contribution is -2.01. The second kappa shape index (κ2) is 6.81. The number of halogens is 2. The summed E-state index contributed by atoms with van der Waals surface area (Å²) in [6.45, 7) is 4.58. The molecule has 26 heavy (non-hydrogen) atoms. The van der Waals surface area contributed by atoms with E-state index in [0.717, 1.165) is 28.9 Å². The number of rotatable bonds is 4. The minimum absolute atomic E-state index is 0.325. The van der Waals surface area contributed by atoms with Crippen molar-refractivity contribution in [3.63, 3.8) is 0 Å². The maximum atomic E-state index is 13.8. The maximum absolute atomic E-state index is 13.8. The van der Waals surface area contributed by atoms with E-state index in [9.17, 15) is 4.39 Å². The first kappa shape index (κ1) is 16.6. The fraction of sp³-hybridized carbons (Fsp3) is 0.0952. The Hall–Kier alpha value is -2.85. The molecule has 0 atom stereocenters. The van der Waals surface area contributed by atoms with Crippen LogP contribution in [0.1, 0.15) is 11.1 Å². The van der Waals surface area contributed by atoms with Crippen LogP contribution in [0.15, 0.2) is 61.3 Å². The maximum Gasteiger partial charge on any atom is 0.132 e. The predicted octanol–water partition coefficient (Wildman–Crippen LogP) is 5.56. The topological polar surface area (TPSA) is 34.1 Å². The van der Waals surface area contributed by atoms with Crippen LogP contribution >= 0.6 is 11.6 Å². The van der Waals surface area contributed by atoms with Crippen LogP contribution in [0, 0.1) is 5.82 Å². The minimum Gasteiger partial charge on any atom is -0.493 e. The minimum atomic E-state index is -0.325. The van der Waals surface area contributed by atoms with Gasteiger partial charge in [0.1, 0.15) is 17.4 Å². The fourth-order valence-corrected chi connectivity index (χ4v) is 3.24. The summed E-state index contributed by atoms with van der Waals surface area (Å²) >= 11 is 6.38. The number of anilines is 1. The van der Waals surface area contributed by atoms with Gasteiger partial charge in [0.15, 0.2) is 0 Å². The van der Waals surface area contributed by atoms with E-state index in [1.165, 1.54) is 6.07 Å². The third-order valence-corrected chi connectivity index (χ3v) is 4.64. The van der Waals surface area contributed by atoms with Crippen LogP contribution in [-0.4, -0.2) is 11.6 Å². The van der Waals surface area contributed by atoms with Gasteiger partial charge in [-0.2, -0.15) is 0 Å². The van der Waals surface area contributed by atoms with Crippen molar-refractivity contribution in [2.24, 2.45) is 0 Å². The number of hydrogen-bond acceptors (Lipinski definition) is 3. The van der Waals surface area contributed by atoms with Crippen molar-refractivity contribution in [3.8, 4) is 16.9 Å². The van der Waals surface area contributed by atoms with Gasteiger partial charge in [0.2, 0.25) is 0 Å². The number of nitrogens with zero attached hydrogens (tertiary/aromatic N) is 1. The Kier molecular flexibility index (Phi) is 4.35. The summed E-state index contributed by atoms with van der Waals surface area (Å²) in [5.41, 5.74) is 3.85. The lowest BCUT2D eigenvalue weighted by Gasteiger charge is -2.11. The van der Waals surface area contributed by atoms with E-state index < -0.39 is 0 Å². The van der Waals surface area contributed by atoms with Gasteiger partial charge in [0.05, 0.1) is 11.6 Å². The smallest absolute Gasteiger partial charge is 0.132 e. The average molecular weight is 367 g/mol. The molecule has 0 amide bonds. The number of pyridine rings is 1. The van der Waals surface area contributed by atoms with Crippen LogP contribution in [0.2, 0.25) is 5.02 Å². The SMILES string of the molecule is C=C(Nc1ccc(-c2cc3c(cc2Cl)OCC3)cn1)c1ccccc1F. The van der Waals surface area contributed by atoms with Gasteiger partial charge in [-0.05, 0) is 42.0 Å². The number of ether oxygens (including phenoxy) is 1. The van der Waals surface area contributed by atoms with Gasteiger partial charge < -0.3 is 10.1 Å². The molecule has 5 heteroatoms. The van der Waals surface area contributed by atoms with Crippen LogP contribution in [-0.2, 0) is 6.42 Å². The highest BCUT2D eigenvalue weighted by Crippen LogP contribution is 2.36. The van der Waals surface area contributed by atoms with Crippen LogP contribution in [0.4, 0.5) is 10.2 Å². The van der Waals surface area contributed by atoms with Crippen molar-refractivity contribution in [2.45, 2.75) is 6.42 Å². The van der Waals surface area contributed by atoms with Crippen LogP contribution < -0.4 is 10.1 Å². The van der Waals surface area contributed by atoms with Crippen molar-refractivity contribution in [3.05, 3.63) is 83.3 Å². The van der Waals surface area contributed by atoms with Crippen molar-refractivity contribution in [1.82, 2.24) is 4.98 Å². The van der Waals surface area contributed by atoms with E-state index in [1.54, 1.807) is 24.4 Å². The zero-order valence-corrected chi connectivity index (χ0v) is 14.7. The molecule has 3 aromatic rings. The van der Waals surface area contributed by atoms with E-state index in [1.807, 2.05) is 24.3 Å². The molecule has 0 unspecified atom stereocenters. The van der Waals surface area contributed by atoms with Gasteiger partial charge in [-0.25, -0.2) is 9.37 Å². The molecule has 4 rings (SSSR count). The molecule has 0 saturated heterocycles. The molecule has 3 nitrogen and oxygen atoms in total. The predicted molar refractivity (Wildman–Crippen MR) is 103 cm³/mol. The second-order valence-electron chi connectivity index (χ2n) is 6.05. The van der Waals surface area contributed by atoms with E-state index in [0.29, 0.717) is 28.7 Å². The van der Waals surface area contributed by atoms with E-state index in [2.05, 4.69) is 16.9 Å². The first-order chi connectivity index (χ1) is 12.6. The van der Waals surface area contributed by atoms with Crippen molar-refractivity contribution >= 4 is 23.1 Å². The van der Waals surface area contributed by atoms with Gasteiger partial charge in [0.25, 0.3) is 0 Å². The quantitative estimate of drug-likeness (QED) is 0.656. The highest BCUT2D eigenvalue weighted by atomic mass is 35.5. The summed E-state index contributed by atoms with van der Waals surface area (Å²) < 4.78 is 19.4. The molecule has 0 saturated carbocycles. The highest BCUT2D eigenvalue weighted by Gasteiger charge is 2.16. The summed E-state index contributed by atoms with van der Waals surface area (Å²) in [6.07, 6.45) is 2.62.